The smallest absolute Gasteiger partial charge is 0.339 e. The number of sulfone groups is 1. The molecule has 2 N–H and O–H groups in total. The minimum Gasteiger partial charge on any atom is -0.490 e. The molecule has 172 valence electrons. The number of anilines is 1. The Morgan fingerprint density at radius 2 is 1.59 bits per heavy atom. The van der Waals surface area contributed by atoms with Crippen LogP contribution in [0.1, 0.15) is 24.2 Å². The summed E-state index contributed by atoms with van der Waals surface area (Å²) >= 11 is 0. The fourth-order valence-corrected chi connectivity index (χ4v) is 3.50. The van der Waals surface area contributed by atoms with Crippen molar-refractivity contribution in [1.29, 1.82) is 0 Å². The lowest BCUT2D eigenvalue weighted by Crippen LogP contribution is -2.37. The van der Waals surface area contributed by atoms with Gasteiger partial charge in [0.1, 0.15) is 0 Å². The fourth-order valence-electron chi connectivity index (χ4n) is 2.62. The number of esters is 1. The third-order valence-corrected chi connectivity index (χ3v) is 5.05. The van der Waals surface area contributed by atoms with Crippen LogP contribution in [0.5, 0.6) is 11.5 Å². The average Bonchev–Trinajstić information content (AvgIpc) is 2.73. The predicted octanol–water partition coefficient (Wildman–Crippen LogP) is 2.39. The standard InChI is InChI=1S/C21H24N2O8S/c1-4-29-16-11-10-14(12-17(16)30-5-2)22-21(26)23-19(24)13-31-20(25)15-8-6-7-9-18(15)32(3,27)28/h6-12H,4-5,13H2,1-3H3,(H2,22,23,24,26). The van der Waals surface area contributed by atoms with Crippen LogP contribution in [-0.4, -0.2) is 52.4 Å². The van der Waals surface area contributed by atoms with Gasteiger partial charge in [-0.05, 0) is 38.1 Å². The molecular formula is C21H24N2O8S. The van der Waals surface area contributed by atoms with Gasteiger partial charge in [-0.15, -0.1) is 0 Å². The number of hydrogen-bond donors (Lipinski definition) is 2. The van der Waals surface area contributed by atoms with Gasteiger partial charge in [-0.3, -0.25) is 10.1 Å². The van der Waals surface area contributed by atoms with Crippen molar-refractivity contribution in [2.24, 2.45) is 0 Å². The lowest BCUT2D eigenvalue weighted by Gasteiger charge is -2.13. The molecule has 0 heterocycles. The maximum absolute atomic E-state index is 12.2. The van der Waals surface area contributed by atoms with Crippen LogP contribution in [0.4, 0.5) is 10.5 Å². The summed E-state index contributed by atoms with van der Waals surface area (Å²) in [4.78, 5) is 36.0. The third-order valence-electron chi connectivity index (χ3n) is 3.90. The van der Waals surface area contributed by atoms with Gasteiger partial charge in [0.25, 0.3) is 5.91 Å². The van der Waals surface area contributed by atoms with E-state index in [1.165, 1.54) is 24.3 Å². The molecule has 0 bridgehead atoms. The van der Waals surface area contributed by atoms with Crippen molar-refractivity contribution in [1.82, 2.24) is 5.32 Å². The van der Waals surface area contributed by atoms with E-state index in [9.17, 15) is 22.8 Å². The molecule has 0 unspecified atom stereocenters. The second-order valence-corrected chi connectivity index (χ2v) is 8.36. The highest BCUT2D eigenvalue weighted by Crippen LogP contribution is 2.30. The van der Waals surface area contributed by atoms with Gasteiger partial charge in [0.15, 0.2) is 27.9 Å². The molecule has 0 radical (unpaired) electrons. The molecule has 2 aromatic carbocycles. The van der Waals surface area contributed by atoms with Crippen LogP contribution in [0.15, 0.2) is 47.4 Å². The second kappa shape index (κ2) is 11.1. The first kappa shape index (κ1) is 24.7. The van der Waals surface area contributed by atoms with Gasteiger partial charge in [-0.1, -0.05) is 12.1 Å². The lowest BCUT2D eigenvalue weighted by atomic mass is 10.2. The molecule has 0 fully saturated rings. The summed E-state index contributed by atoms with van der Waals surface area (Å²) in [5.41, 5.74) is 0.145. The molecule has 32 heavy (non-hydrogen) atoms. The molecule has 0 aromatic heterocycles. The maximum Gasteiger partial charge on any atom is 0.339 e. The van der Waals surface area contributed by atoms with E-state index in [0.717, 1.165) is 6.26 Å². The number of rotatable bonds is 9. The predicted molar refractivity (Wildman–Crippen MR) is 116 cm³/mol. The SMILES string of the molecule is CCOc1ccc(NC(=O)NC(=O)COC(=O)c2ccccc2S(C)(=O)=O)cc1OCC. The van der Waals surface area contributed by atoms with Crippen LogP contribution in [0.3, 0.4) is 0 Å². The van der Waals surface area contributed by atoms with Crippen molar-refractivity contribution >= 4 is 33.4 Å². The van der Waals surface area contributed by atoms with Crippen molar-refractivity contribution in [3.8, 4) is 11.5 Å². The van der Waals surface area contributed by atoms with Crippen LogP contribution < -0.4 is 20.1 Å². The number of hydrogen-bond acceptors (Lipinski definition) is 8. The number of carbonyl (C=O) groups is 3. The van der Waals surface area contributed by atoms with E-state index < -0.39 is 34.4 Å². The van der Waals surface area contributed by atoms with Crippen molar-refractivity contribution in [3.63, 3.8) is 0 Å². The van der Waals surface area contributed by atoms with Crippen LogP contribution in [0, 0.1) is 0 Å². The van der Waals surface area contributed by atoms with Gasteiger partial charge >= 0.3 is 12.0 Å². The number of carbonyl (C=O) groups excluding carboxylic acids is 3. The zero-order valence-corrected chi connectivity index (χ0v) is 18.7. The van der Waals surface area contributed by atoms with E-state index in [4.69, 9.17) is 14.2 Å². The van der Waals surface area contributed by atoms with E-state index in [2.05, 4.69) is 5.32 Å². The quantitative estimate of drug-likeness (QED) is 0.540. The molecule has 11 heteroatoms. The maximum atomic E-state index is 12.2. The Labute approximate surface area is 185 Å². The molecule has 3 amide bonds. The first-order valence-electron chi connectivity index (χ1n) is 9.62. The lowest BCUT2D eigenvalue weighted by molar-refractivity contribution is -0.123. The first-order chi connectivity index (χ1) is 15.2. The Kier molecular flexibility index (Phi) is 8.59. The van der Waals surface area contributed by atoms with Crippen molar-refractivity contribution < 1.29 is 37.0 Å². The fraction of sp³-hybridized carbons (Fsp3) is 0.286. The molecule has 2 rings (SSSR count). The summed E-state index contributed by atoms with van der Waals surface area (Å²) in [6, 6.07) is 9.33. The second-order valence-electron chi connectivity index (χ2n) is 6.37. The number of benzene rings is 2. The molecule has 10 nitrogen and oxygen atoms in total. The molecule has 0 atom stereocenters. The van der Waals surface area contributed by atoms with E-state index >= 15 is 0 Å². The normalized spacial score (nSPS) is 10.7. The summed E-state index contributed by atoms with van der Waals surface area (Å²) in [6.07, 6.45) is 0.952. The number of ether oxygens (including phenoxy) is 3. The highest BCUT2D eigenvalue weighted by molar-refractivity contribution is 7.90. The van der Waals surface area contributed by atoms with Gasteiger partial charge < -0.3 is 19.5 Å². The molecule has 2 aromatic rings. The molecule has 0 aliphatic heterocycles. The third kappa shape index (κ3) is 6.98. The zero-order chi connectivity index (χ0) is 23.7. The summed E-state index contributed by atoms with van der Waals surface area (Å²) < 4.78 is 39.3. The Hall–Kier alpha value is -3.60. The van der Waals surface area contributed by atoms with E-state index in [-0.39, 0.29) is 10.5 Å². The number of amides is 3. The van der Waals surface area contributed by atoms with Crippen LogP contribution >= 0.6 is 0 Å². The first-order valence-corrected chi connectivity index (χ1v) is 11.5. The summed E-state index contributed by atoms with van der Waals surface area (Å²) in [6.45, 7) is 3.68. The van der Waals surface area contributed by atoms with Gasteiger partial charge in [-0.25, -0.2) is 18.0 Å². The van der Waals surface area contributed by atoms with E-state index in [1.807, 2.05) is 12.2 Å². The van der Waals surface area contributed by atoms with Crippen LogP contribution in [-0.2, 0) is 19.4 Å². The van der Waals surface area contributed by atoms with Gasteiger partial charge in [0.05, 0.1) is 23.7 Å². The molecule has 0 aliphatic carbocycles. The largest absolute Gasteiger partial charge is 0.490 e. The van der Waals surface area contributed by atoms with Gasteiger partial charge in [0.2, 0.25) is 0 Å². The number of urea groups is 1. The Morgan fingerprint density at radius 3 is 2.25 bits per heavy atom. The van der Waals surface area contributed by atoms with E-state index in [1.54, 1.807) is 25.1 Å². The molecule has 0 aliphatic rings. The molecule has 0 saturated heterocycles. The number of imide groups is 1. The van der Waals surface area contributed by atoms with Gasteiger partial charge in [-0.2, -0.15) is 0 Å². The summed E-state index contributed by atoms with van der Waals surface area (Å²) in [5, 5.41) is 4.48. The molecule has 0 spiro atoms. The molecular weight excluding hydrogens is 440 g/mol. The Balaban J connectivity index is 1.95. The summed E-state index contributed by atoms with van der Waals surface area (Å²) in [7, 11) is -3.67. The highest BCUT2D eigenvalue weighted by atomic mass is 32.2. The summed E-state index contributed by atoms with van der Waals surface area (Å²) in [5.74, 6) is -0.965. The topological polar surface area (TPSA) is 137 Å². The van der Waals surface area contributed by atoms with Crippen LogP contribution in [0.25, 0.3) is 0 Å². The number of nitrogens with one attached hydrogen (secondary N) is 2. The van der Waals surface area contributed by atoms with Gasteiger partial charge in [0, 0.05) is 18.0 Å². The average molecular weight is 464 g/mol. The zero-order valence-electron chi connectivity index (χ0n) is 17.8. The highest BCUT2D eigenvalue weighted by Gasteiger charge is 2.20. The minimum atomic E-state index is -3.67. The van der Waals surface area contributed by atoms with E-state index in [0.29, 0.717) is 30.4 Å². The van der Waals surface area contributed by atoms with Crippen LogP contribution in [0.2, 0.25) is 0 Å². The van der Waals surface area contributed by atoms with Crippen molar-refractivity contribution in [2.75, 3.05) is 31.4 Å². The Bertz CT molecular complexity index is 1100. The Morgan fingerprint density at radius 1 is 0.938 bits per heavy atom. The van der Waals surface area contributed by atoms with Crippen molar-refractivity contribution in [2.45, 2.75) is 18.7 Å². The van der Waals surface area contributed by atoms with Crippen molar-refractivity contribution in [3.05, 3.63) is 48.0 Å². The minimum absolute atomic E-state index is 0.204. The monoisotopic (exact) mass is 464 g/mol. The molecule has 0 saturated carbocycles.